The molecule has 0 amide bonds. The summed E-state index contributed by atoms with van der Waals surface area (Å²) in [5.41, 5.74) is 0. The van der Waals surface area contributed by atoms with Crippen LogP contribution in [0, 0.1) is 11.8 Å². The molecule has 82 valence electrons. The molecule has 2 heterocycles. The number of hydrogen-bond donors (Lipinski definition) is 1. The first-order valence-corrected chi connectivity index (χ1v) is 6.17. The summed E-state index contributed by atoms with van der Waals surface area (Å²) in [4.78, 5) is 2.47. The van der Waals surface area contributed by atoms with Crippen molar-refractivity contribution in [3.05, 3.63) is 0 Å². The molecule has 0 bridgehead atoms. The maximum absolute atomic E-state index is 3.55. The average Bonchev–Trinajstić information content (AvgIpc) is 2.19. The molecule has 0 aliphatic carbocycles. The van der Waals surface area contributed by atoms with Gasteiger partial charge in [0.25, 0.3) is 0 Å². The molecule has 0 aromatic carbocycles. The first-order chi connectivity index (χ1) is 6.75. The van der Waals surface area contributed by atoms with Crippen molar-refractivity contribution < 1.29 is 0 Å². The van der Waals surface area contributed by atoms with Crippen molar-refractivity contribution in [2.75, 3.05) is 26.7 Å². The minimum Gasteiger partial charge on any atom is -0.314 e. The van der Waals surface area contributed by atoms with Gasteiger partial charge in [-0.3, -0.25) is 0 Å². The fourth-order valence-corrected chi connectivity index (χ4v) is 3.10. The van der Waals surface area contributed by atoms with Crippen LogP contribution in [0.3, 0.4) is 0 Å². The van der Waals surface area contributed by atoms with Crippen LogP contribution >= 0.6 is 0 Å². The first kappa shape index (κ1) is 10.4. The van der Waals surface area contributed by atoms with E-state index in [2.05, 4.69) is 24.2 Å². The van der Waals surface area contributed by atoms with Crippen molar-refractivity contribution in [2.24, 2.45) is 11.8 Å². The van der Waals surface area contributed by atoms with Crippen LogP contribution in [-0.2, 0) is 0 Å². The van der Waals surface area contributed by atoms with Gasteiger partial charge in [0.2, 0.25) is 0 Å². The quantitative estimate of drug-likeness (QED) is 0.687. The summed E-state index contributed by atoms with van der Waals surface area (Å²) >= 11 is 0. The van der Waals surface area contributed by atoms with Crippen LogP contribution in [0.25, 0.3) is 0 Å². The number of likely N-dealkylation sites (tertiary alicyclic amines) is 1. The standard InChI is InChI=1S/C12H24N2/c1-10-9-12(3-6-13-10)11-4-7-14(2)8-5-11/h10-13H,3-9H2,1-2H3. The van der Waals surface area contributed by atoms with Crippen LogP contribution < -0.4 is 5.32 Å². The number of rotatable bonds is 1. The molecule has 1 N–H and O–H groups in total. The zero-order valence-corrected chi connectivity index (χ0v) is 9.63. The third kappa shape index (κ3) is 2.48. The third-order valence-electron chi connectivity index (χ3n) is 4.09. The van der Waals surface area contributed by atoms with E-state index in [4.69, 9.17) is 0 Å². The second kappa shape index (κ2) is 4.63. The van der Waals surface area contributed by atoms with Gasteiger partial charge < -0.3 is 10.2 Å². The molecule has 2 aliphatic heterocycles. The summed E-state index contributed by atoms with van der Waals surface area (Å²) in [5.74, 6) is 2.04. The minimum absolute atomic E-state index is 0.758. The van der Waals surface area contributed by atoms with Crippen LogP contribution in [0.5, 0.6) is 0 Å². The Labute approximate surface area is 88.1 Å². The Morgan fingerprint density at radius 3 is 2.43 bits per heavy atom. The number of hydrogen-bond acceptors (Lipinski definition) is 2. The lowest BCUT2D eigenvalue weighted by atomic mass is 9.77. The Morgan fingerprint density at radius 2 is 1.79 bits per heavy atom. The SMILES string of the molecule is CC1CC(C2CCN(C)CC2)CCN1. The molecular weight excluding hydrogens is 172 g/mol. The highest BCUT2D eigenvalue weighted by molar-refractivity contribution is 4.83. The first-order valence-electron chi connectivity index (χ1n) is 6.17. The fraction of sp³-hybridized carbons (Fsp3) is 1.00. The molecule has 2 fully saturated rings. The third-order valence-corrected chi connectivity index (χ3v) is 4.09. The van der Waals surface area contributed by atoms with Gasteiger partial charge in [-0.25, -0.2) is 0 Å². The summed E-state index contributed by atoms with van der Waals surface area (Å²) in [7, 11) is 2.25. The van der Waals surface area contributed by atoms with Crippen molar-refractivity contribution in [1.82, 2.24) is 10.2 Å². The number of piperidine rings is 2. The van der Waals surface area contributed by atoms with Crippen LogP contribution in [0.1, 0.15) is 32.6 Å². The van der Waals surface area contributed by atoms with E-state index in [0.717, 1.165) is 17.9 Å². The van der Waals surface area contributed by atoms with E-state index in [9.17, 15) is 0 Å². The van der Waals surface area contributed by atoms with Gasteiger partial charge >= 0.3 is 0 Å². The van der Waals surface area contributed by atoms with Gasteiger partial charge in [-0.05, 0) is 71.1 Å². The van der Waals surface area contributed by atoms with Gasteiger partial charge in [0, 0.05) is 6.04 Å². The molecule has 0 saturated carbocycles. The summed E-state index contributed by atoms with van der Waals surface area (Å²) < 4.78 is 0. The van der Waals surface area contributed by atoms with Crippen molar-refractivity contribution in [1.29, 1.82) is 0 Å². The van der Waals surface area contributed by atoms with Crippen LogP contribution in [0.4, 0.5) is 0 Å². The molecule has 14 heavy (non-hydrogen) atoms. The van der Waals surface area contributed by atoms with Crippen molar-refractivity contribution in [3.8, 4) is 0 Å². The monoisotopic (exact) mass is 196 g/mol. The summed E-state index contributed by atoms with van der Waals surface area (Å²) in [5, 5.41) is 3.55. The lowest BCUT2D eigenvalue weighted by Crippen LogP contribution is -2.41. The Balaban J connectivity index is 1.82. The van der Waals surface area contributed by atoms with Crippen LogP contribution in [0.15, 0.2) is 0 Å². The largest absolute Gasteiger partial charge is 0.314 e. The zero-order valence-electron chi connectivity index (χ0n) is 9.63. The highest BCUT2D eigenvalue weighted by Gasteiger charge is 2.28. The lowest BCUT2D eigenvalue weighted by Gasteiger charge is -2.38. The molecule has 2 nitrogen and oxygen atoms in total. The van der Waals surface area contributed by atoms with Crippen LogP contribution in [0.2, 0.25) is 0 Å². The fourth-order valence-electron chi connectivity index (χ4n) is 3.10. The van der Waals surface area contributed by atoms with Gasteiger partial charge in [0.1, 0.15) is 0 Å². The normalized spacial score (nSPS) is 37.3. The Bertz CT molecular complexity index is 173. The highest BCUT2D eigenvalue weighted by Crippen LogP contribution is 2.31. The van der Waals surface area contributed by atoms with E-state index >= 15 is 0 Å². The van der Waals surface area contributed by atoms with Gasteiger partial charge in [0.15, 0.2) is 0 Å². The summed E-state index contributed by atoms with van der Waals surface area (Å²) in [6.45, 7) is 6.23. The number of nitrogens with one attached hydrogen (secondary N) is 1. The molecule has 0 radical (unpaired) electrons. The van der Waals surface area contributed by atoms with E-state index in [1.165, 1.54) is 45.3 Å². The lowest BCUT2D eigenvalue weighted by molar-refractivity contribution is 0.138. The van der Waals surface area contributed by atoms with Crippen molar-refractivity contribution in [2.45, 2.75) is 38.6 Å². The van der Waals surface area contributed by atoms with E-state index in [-0.39, 0.29) is 0 Å². The topological polar surface area (TPSA) is 15.3 Å². The summed E-state index contributed by atoms with van der Waals surface area (Å²) in [6, 6.07) is 0.758. The van der Waals surface area contributed by atoms with Crippen LogP contribution in [-0.4, -0.2) is 37.6 Å². The summed E-state index contributed by atoms with van der Waals surface area (Å²) in [6.07, 6.45) is 5.70. The second-order valence-electron chi connectivity index (χ2n) is 5.28. The smallest absolute Gasteiger partial charge is 0.00414 e. The maximum Gasteiger partial charge on any atom is 0.00414 e. The van der Waals surface area contributed by atoms with Gasteiger partial charge in [-0.2, -0.15) is 0 Å². The molecule has 2 saturated heterocycles. The second-order valence-corrected chi connectivity index (χ2v) is 5.28. The van der Waals surface area contributed by atoms with E-state index in [1.807, 2.05) is 0 Å². The Kier molecular flexibility index (Phi) is 3.45. The zero-order chi connectivity index (χ0) is 9.97. The molecule has 0 aromatic heterocycles. The molecule has 0 spiro atoms. The van der Waals surface area contributed by atoms with Gasteiger partial charge in [-0.15, -0.1) is 0 Å². The highest BCUT2D eigenvalue weighted by atomic mass is 15.1. The minimum atomic E-state index is 0.758. The van der Waals surface area contributed by atoms with E-state index < -0.39 is 0 Å². The molecule has 2 atom stereocenters. The Morgan fingerprint density at radius 1 is 1.07 bits per heavy atom. The van der Waals surface area contributed by atoms with E-state index in [0.29, 0.717) is 0 Å². The molecule has 0 aromatic rings. The van der Waals surface area contributed by atoms with E-state index in [1.54, 1.807) is 0 Å². The van der Waals surface area contributed by atoms with Crippen molar-refractivity contribution in [3.63, 3.8) is 0 Å². The predicted molar refractivity (Wildman–Crippen MR) is 60.4 cm³/mol. The Hall–Kier alpha value is -0.0800. The predicted octanol–water partition coefficient (Wildman–Crippen LogP) is 1.72. The molecule has 2 unspecified atom stereocenters. The van der Waals surface area contributed by atoms with Crippen molar-refractivity contribution >= 4 is 0 Å². The molecule has 2 heteroatoms. The average molecular weight is 196 g/mol. The maximum atomic E-state index is 3.55. The molecular formula is C12H24N2. The van der Waals surface area contributed by atoms with Gasteiger partial charge in [-0.1, -0.05) is 0 Å². The number of nitrogens with zero attached hydrogens (tertiary/aromatic N) is 1. The van der Waals surface area contributed by atoms with Gasteiger partial charge in [0.05, 0.1) is 0 Å². The molecule has 2 aliphatic rings. The molecule has 2 rings (SSSR count).